The molecule has 0 saturated carbocycles. The summed E-state index contributed by atoms with van der Waals surface area (Å²) in [5.41, 5.74) is 3.24. The summed E-state index contributed by atoms with van der Waals surface area (Å²) in [5, 5.41) is 3.06. The summed E-state index contributed by atoms with van der Waals surface area (Å²) in [6, 6.07) is 13.7. The van der Waals surface area contributed by atoms with Gasteiger partial charge in [-0.2, -0.15) is 0 Å². The van der Waals surface area contributed by atoms with Gasteiger partial charge < -0.3 is 19.7 Å². The van der Waals surface area contributed by atoms with E-state index in [1.165, 1.54) is 5.56 Å². The van der Waals surface area contributed by atoms with Crippen molar-refractivity contribution >= 4 is 11.6 Å². The highest BCUT2D eigenvalue weighted by atomic mass is 16.5. The Balaban J connectivity index is 1.31. The maximum absolute atomic E-state index is 12.4. The van der Waals surface area contributed by atoms with E-state index < -0.39 is 0 Å². The number of anilines is 1. The first kappa shape index (κ1) is 22.1. The highest BCUT2D eigenvalue weighted by molar-refractivity contribution is 5.93. The fourth-order valence-electron chi connectivity index (χ4n) is 3.60. The van der Waals surface area contributed by atoms with Crippen molar-refractivity contribution in [3.05, 3.63) is 53.6 Å². The Bertz CT molecular complexity index is 815. The molecule has 6 nitrogen and oxygen atoms in total. The molecule has 0 aromatic heterocycles. The summed E-state index contributed by atoms with van der Waals surface area (Å²) in [4.78, 5) is 17.1. The van der Waals surface area contributed by atoms with Crippen LogP contribution in [0.3, 0.4) is 0 Å². The Labute approximate surface area is 179 Å². The number of hydrogen-bond acceptors (Lipinski definition) is 5. The van der Waals surface area contributed by atoms with E-state index in [0.717, 1.165) is 61.9 Å². The molecule has 0 aliphatic carbocycles. The molecular formula is C24H33N3O3. The fraction of sp³-hybridized carbons (Fsp3) is 0.458. The lowest BCUT2D eigenvalue weighted by atomic mass is 10.1. The van der Waals surface area contributed by atoms with E-state index in [2.05, 4.69) is 28.1 Å². The van der Waals surface area contributed by atoms with Crippen molar-refractivity contribution < 1.29 is 14.3 Å². The van der Waals surface area contributed by atoms with Crippen molar-refractivity contribution in [3.8, 4) is 11.5 Å². The molecule has 0 unspecified atom stereocenters. The molecule has 0 bridgehead atoms. The van der Waals surface area contributed by atoms with Gasteiger partial charge in [0, 0.05) is 38.4 Å². The van der Waals surface area contributed by atoms with Gasteiger partial charge >= 0.3 is 0 Å². The van der Waals surface area contributed by atoms with Crippen LogP contribution in [0.4, 0.5) is 5.69 Å². The number of rotatable bonds is 9. The molecule has 6 heteroatoms. The van der Waals surface area contributed by atoms with Crippen LogP contribution in [0.15, 0.2) is 42.5 Å². The molecular weight excluding hydrogens is 378 g/mol. The van der Waals surface area contributed by atoms with Gasteiger partial charge in [-0.3, -0.25) is 9.69 Å². The first-order valence-electron chi connectivity index (χ1n) is 10.6. The minimum Gasteiger partial charge on any atom is -0.497 e. The van der Waals surface area contributed by atoms with Gasteiger partial charge in [0.25, 0.3) is 0 Å². The molecule has 1 fully saturated rings. The maximum Gasteiger partial charge on any atom is 0.238 e. The van der Waals surface area contributed by atoms with Gasteiger partial charge in [0.2, 0.25) is 5.91 Å². The Hall–Kier alpha value is -2.57. The number of benzene rings is 2. The molecule has 1 amide bonds. The number of nitrogens with zero attached hydrogens (tertiary/aromatic N) is 2. The summed E-state index contributed by atoms with van der Waals surface area (Å²) in [7, 11) is 1.66. The SMILES string of the molecule is COc1ccc(OCCCN2CCN(CC(=O)Nc3cccc(C)c3C)CC2)cc1. The number of carbonyl (C=O) groups is 1. The van der Waals surface area contributed by atoms with E-state index in [0.29, 0.717) is 13.2 Å². The molecule has 3 rings (SSSR count). The first-order chi connectivity index (χ1) is 14.5. The average molecular weight is 412 g/mol. The predicted molar refractivity (Wildman–Crippen MR) is 121 cm³/mol. The molecule has 1 aliphatic heterocycles. The summed E-state index contributed by atoms with van der Waals surface area (Å²) in [6.45, 7) is 10.1. The van der Waals surface area contributed by atoms with Gasteiger partial charge in [-0.05, 0) is 61.7 Å². The largest absolute Gasteiger partial charge is 0.497 e. The molecule has 1 N–H and O–H groups in total. The third-order valence-corrected chi connectivity index (χ3v) is 5.66. The average Bonchev–Trinajstić information content (AvgIpc) is 2.76. The van der Waals surface area contributed by atoms with Gasteiger partial charge in [0.1, 0.15) is 11.5 Å². The van der Waals surface area contributed by atoms with Crippen LogP contribution in [0.25, 0.3) is 0 Å². The number of piperazine rings is 1. The molecule has 0 spiro atoms. The van der Waals surface area contributed by atoms with Gasteiger partial charge in [0.15, 0.2) is 0 Å². The number of methoxy groups -OCH3 is 1. The summed E-state index contributed by atoms with van der Waals surface area (Å²) in [5.74, 6) is 1.77. The molecule has 30 heavy (non-hydrogen) atoms. The van der Waals surface area contributed by atoms with Crippen molar-refractivity contribution in [3.63, 3.8) is 0 Å². The van der Waals surface area contributed by atoms with E-state index in [4.69, 9.17) is 9.47 Å². The standard InChI is InChI=1S/C24H33N3O3/c1-19-6-4-7-23(20(19)2)25-24(28)18-27-15-13-26(14-16-27)12-5-17-30-22-10-8-21(29-3)9-11-22/h4,6-11H,5,12-18H2,1-3H3,(H,25,28). The number of aryl methyl sites for hydroxylation is 1. The lowest BCUT2D eigenvalue weighted by molar-refractivity contribution is -0.117. The third-order valence-electron chi connectivity index (χ3n) is 5.66. The van der Waals surface area contributed by atoms with Crippen LogP contribution in [-0.2, 0) is 4.79 Å². The van der Waals surface area contributed by atoms with E-state index in [-0.39, 0.29) is 5.91 Å². The molecule has 0 radical (unpaired) electrons. The molecule has 1 aliphatic rings. The first-order valence-corrected chi connectivity index (χ1v) is 10.6. The van der Waals surface area contributed by atoms with E-state index in [1.807, 2.05) is 43.3 Å². The zero-order valence-corrected chi connectivity index (χ0v) is 18.3. The Kier molecular flexibility index (Phi) is 8.11. The van der Waals surface area contributed by atoms with Crippen LogP contribution in [0, 0.1) is 13.8 Å². The second-order valence-corrected chi connectivity index (χ2v) is 7.79. The Morgan fingerprint density at radius 3 is 2.33 bits per heavy atom. The summed E-state index contributed by atoms with van der Waals surface area (Å²) in [6.07, 6.45) is 0.985. The number of ether oxygens (including phenoxy) is 2. The van der Waals surface area contributed by atoms with Crippen LogP contribution in [-0.4, -0.2) is 68.7 Å². The molecule has 2 aromatic carbocycles. The molecule has 1 saturated heterocycles. The highest BCUT2D eigenvalue weighted by Crippen LogP contribution is 2.18. The van der Waals surface area contributed by atoms with Crippen molar-refractivity contribution in [1.29, 1.82) is 0 Å². The number of nitrogens with one attached hydrogen (secondary N) is 1. The quantitative estimate of drug-likeness (QED) is 0.642. The lowest BCUT2D eigenvalue weighted by Gasteiger charge is -2.34. The zero-order chi connectivity index (χ0) is 21.3. The molecule has 162 valence electrons. The van der Waals surface area contributed by atoms with Crippen molar-refractivity contribution in [2.45, 2.75) is 20.3 Å². The topological polar surface area (TPSA) is 54.0 Å². The number of carbonyl (C=O) groups excluding carboxylic acids is 1. The normalized spacial score (nSPS) is 15.0. The van der Waals surface area contributed by atoms with Crippen molar-refractivity contribution in [2.75, 3.05) is 58.3 Å². The highest BCUT2D eigenvalue weighted by Gasteiger charge is 2.19. The van der Waals surface area contributed by atoms with Gasteiger partial charge in [-0.15, -0.1) is 0 Å². The monoisotopic (exact) mass is 411 g/mol. The van der Waals surface area contributed by atoms with Crippen LogP contribution in [0.2, 0.25) is 0 Å². The second-order valence-electron chi connectivity index (χ2n) is 7.79. The van der Waals surface area contributed by atoms with Gasteiger partial charge in [-0.25, -0.2) is 0 Å². The van der Waals surface area contributed by atoms with Gasteiger partial charge in [-0.1, -0.05) is 12.1 Å². The number of hydrogen-bond donors (Lipinski definition) is 1. The van der Waals surface area contributed by atoms with Crippen molar-refractivity contribution in [1.82, 2.24) is 9.80 Å². The molecule has 1 heterocycles. The zero-order valence-electron chi connectivity index (χ0n) is 18.3. The van der Waals surface area contributed by atoms with Crippen LogP contribution in [0.1, 0.15) is 17.5 Å². The van der Waals surface area contributed by atoms with Crippen LogP contribution < -0.4 is 14.8 Å². The van der Waals surface area contributed by atoms with E-state index in [9.17, 15) is 4.79 Å². The van der Waals surface area contributed by atoms with E-state index in [1.54, 1.807) is 7.11 Å². The third kappa shape index (κ3) is 6.47. The van der Waals surface area contributed by atoms with Crippen LogP contribution >= 0.6 is 0 Å². The van der Waals surface area contributed by atoms with Crippen molar-refractivity contribution in [2.24, 2.45) is 0 Å². The minimum absolute atomic E-state index is 0.0602. The predicted octanol–water partition coefficient (Wildman–Crippen LogP) is 3.34. The summed E-state index contributed by atoms with van der Waals surface area (Å²) < 4.78 is 11.0. The van der Waals surface area contributed by atoms with Crippen LogP contribution in [0.5, 0.6) is 11.5 Å². The van der Waals surface area contributed by atoms with E-state index >= 15 is 0 Å². The second kappa shape index (κ2) is 11.0. The minimum atomic E-state index is 0.0602. The fourth-order valence-corrected chi connectivity index (χ4v) is 3.60. The Morgan fingerprint density at radius 2 is 1.63 bits per heavy atom. The smallest absolute Gasteiger partial charge is 0.238 e. The Morgan fingerprint density at radius 1 is 0.967 bits per heavy atom. The molecule has 2 aromatic rings. The lowest BCUT2D eigenvalue weighted by Crippen LogP contribution is -2.48. The molecule has 0 atom stereocenters. The summed E-state index contributed by atoms with van der Waals surface area (Å²) >= 11 is 0. The van der Waals surface area contributed by atoms with Gasteiger partial charge in [0.05, 0.1) is 20.3 Å². The maximum atomic E-state index is 12.4. The number of amides is 1.